The molecule has 0 aromatic heterocycles. The molecule has 2 aromatic carbocycles. The third-order valence-electron chi connectivity index (χ3n) is 4.09. The predicted molar refractivity (Wildman–Crippen MR) is 120 cm³/mol. The zero-order valence-electron chi connectivity index (χ0n) is 18.1. The molecular weight excluding hydrogens is 403 g/mol. The number of hydrogen-bond donors (Lipinski definition) is 2. The highest BCUT2D eigenvalue weighted by Gasteiger charge is 2.19. The average Bonchev–Trinajstić information content (AvgIpc) is 2.63. The first kappa shape index (κ1) is 23.7. The molecule has 2 N–H and O–H groups in total. The lowest BCUT2D eigenvalue weighted by atomic mass is 9.92. The Hall–Kier alpha value is -2.54. The van der Waals surface area contributed by atoms with Gasteiger partial charge in [0, 0.05) is 17.9 Å². The first-order valence-electron chi connectivity index (χ1n) is 9.85. The summed E-state index contributed by atoms with van der Waals surface area (Å²) in [7, 11) is 0. The number of benzene rings is 2. The fourth-order valence-electron chi connectivity index (χ4n) is 2.80. The molecule has 0 bridgehead atoms. The van der Waals surface area contributed by atoms with Crippen molar-refractivity contribution >= 4 is 29.4 Å². The summed E-state index contributed by atoms with van der Waals surface area (Å²) in [5.41, 5.74) is 2.22. The van der Waals surface area contributed by atoms with E-state index in [4.69, 9.17) is 4.74 Å². The van der Waals surface area contributed by atoms with Gasteiger partial charge in [0.1, 0.15) is 11.6 Å². The van der Waals surface area contributed by atoms with E-state index in [-0.39, 0.29) is 23.7 Å². The summed E-state index contributed by atoms with van der Waals surface area (Å²) in [6.45, 7) is 10.2. The van der Waals surface area contributed by atoms with Crippen LogP contribution in [0.15, 0.2) is 41.3 Å². The zero-order chi connectivity index (χ0) is 22.3. The molecule has 0 saturated heterocycles. The summed E-state index contributed by atoms with van der Waals surface area (Å²) in [6, 6.07) is 9.37. The number of aryl methyl sites for hydroxylation is 1. The average molecular weight is 433 g/mol. The van der Waals surface area contributed by atoms with Gasteiger partial charge in [0.15, 0.2) is 0 Å². The number of carbonyl (C=O) groups is 2. The molecule has 2 amide bonds. The maximum atomic E-state index is 13.0. The molecule has 7 heteroatoms. The Morgan fingerprint density at radius 1 is 1.13 bits per heavy atom. The molecule has 0 atom stereocenters. The molecule has 0 aliphatic carbocycles. The van der Waals surface area contributed by atoms with Crippen LogP contribution in [0.2, 0.25) is 0 Å². The molecule has 2 aromatic rings. The van der Waals surface area contributed by atoms with Gasteiger partial charge < -0.3 is 15.4 Å². The number of amides is 2. The summed E-state index contributed by atoms with van der Waals surface area (Å²) in [5.74, 6) is 0.831. The molecule has 0 aliphatic heterocycles. The Morgan fingerprint density at radius 2 is 1.80 bits per heavy atom. The molecule has 162 valence electrons. The smallest absolute Gasteiger partial charge is 0.410 e. The van der Waals surface area contributed by atoms with Gasteiger partial charge in [-0.1, -0.05) is 39.8 Å². The number of hydrogen-bond acceptors (Lipinski definition) is 4. The quantitative estimate of drug-likeness (QED) is 0.534. The van der Waals surface area contributed by atoms with Gasteiger partial charge in [-0.05, 0) is 53.5 Å². The van der Waals surface area contributed by atoms with Crippen molar-refractivity contribution in [3.63, 3.8) is 0 Å². The second-order valence-corrected chi connectivity index (χ2v) is 9.51. The molecule has 0 heterocycles. The molecule has 0 spiro atoms. The Labute approximate surface area is 181 Å². The van der Waals surface area contributed by atoms with Crippen molar-refractivity contribution in [2.75, 3.05) is 11.1 Å². The first-order valence-corrected chi connectivity index (χ1v) is 10.8. The second kappa shape index (κ2) is 10.5. The standard InChI is InChI=1S/C23H29FN2O3S/c1-6-30-19-12-18(11-15(2)21(19)26-20(27)13-23(3,4)5)29-22(28)25-14-16-7-9-17(24)10-8-16/h7-12H,6,13-14H2,1-5H3,(H,25,28)(H,26,27). The molecule has 30 heavy (non-hydrogen) atoms. The Bertz CT molecular complexity index is 893. The van der Waals surface area contributed by atoms with Crippen LogP contribution in [0.3, 0.4) is 0 Å². The van der Waals surface area contributed by atoms with Crippen LogP contribution in [0, 0.1) is 18.2 Å². The van der Waals surface area contributed by atoms with Crippen molar-refractivity contribution in [3.8, 4) is 5.75 Å². The van der Waals surface area contributed by atoms with Crippen LogP contribution in [0.5, 0.6) is 5.75 Å². The number of thioether (sulfide) groups is 1. The van der Waals surface area contributed by atoms with Crippen LogP contribution in [-0.2, 0) is 11.3 Å². The van der Waals surface area contributed by atoms with Crippen molar-refractivity contribution in [1.29, 1.82) is 0 Å². The SMILES string of the molecule is CCSc1cc(OC(=O)NCc2ccc(F)cc2)cc(C)c1NC(=O)CC(C)(C)C. The number of anilines is 1. The minimum absolute atomic E-state index is 0.0470. The van der Waals surface area contributed by atoms with E-state index in [1.807, 2.05) is 34.6 Å². The van der Waals surface area contributed by atoms with Crippen molar-refractivity contribution in [2.45, 2.75) is 52.5 Å². The van der Waals surface area contributed by atoms with Gasteiger partial charge in [-0.3, -0.25) is 4.79 Å². The van der Waals surface area contributed by atoms with Crippen LogP contribution in [-0.4, -0.2) is 17.8 Å². The van der Waals surface area contributed by atoms with Crippen LogP contribution in [0.4, 0.5) is 14.9 Å². The highest BCUT2D eigenvalue weighted by molar-refractivity contribution is 7.99. The molecule has 0 unspecified atom stereocenters. The van der Waals surface area contributed by atoms with Crippen LogP contribution in [0.1, 0.15) is 45.2 Å². The highest BCUT2D eigenvalue weighted by atomic mass is 32.2. The Kier molecular flexibility index (Phi) is 8.29. The van der Waals surface area contributed by atoms with Crippen molar-refractivity contribution in [2.24, 2.45) is 5.41 Å². The molecule has 0 aliphatic rings. The maximum Gasteiger partial charge on any atom is 0.412 e. The summed E-state index contributed by atoms with van der Waals surface area (Å²) in [5, 5.41) is 5.66. The highest BCUT2D eigenvalue weighted by Crippen LogP contribution is 2.35. The van der Waals surface area contributed by atoms with Crippen molar-refractivity contribution < 1.29 is 18.7 Å². The minimum atomic E-state index is -0.601. The number of halogens is 1. The van der Waals surface area contributed by atoms with Gasteiger partial charge >= 0.3 is 6.09 Å². The number of ether oxygens (including phenoxy) is 1. The van der Waals surface area contributed by atoms with Crippen LogP contribution < -0.4 is 15.4 Å². The molecule has 0 saturated carbocycles. The van der Waals surface area contributed by atoms with Crippen LogP contribution >= 0.6 is 11.8 Å². The minimum Gasteiger partial charge on any atom is -0.410 e. The molecule has 2 rings (SSSR count). The lowest BCUT2D eigenvalue weighted by Crippen LogP contribution is -2.26. The van der Waals surface area contributed by atoms with Crippen molar-refractivity contribution in [3.05, 3.63) is 53.3 Å². The van der Waals surface area contributed by atoms with Gasteiger partial charge in [0.05, 0.1) is 5.69 Å². The summed E-state index contributed by atoms with van der Waals surface area (Å²) >= 11 is 1.57. The van der Waals surface area contributed by atoms with Crippen LogP contribution in [0.25, 0.3) is 0 Å². The van der Waals surface area contributed by atoms with Gasteiger partial charge in [-0.2, -0.15) is 0 Å². The third-order valence-corrected chi connectivity index (χ3v) is 5.01. The fraction of sp³-hybridized carbons (Fsp3) is 0.391. The molecule has 5 nitrogen and oxygen atoms in total. The fourth-order valence-corrected chi connectivity index (χ4v) is 3.66. The normalized spacial score (nSPS) is 11.1. The van der Waals surface area contributed by atoms with Gasteiger partial charge in [-0.25, -0.2) is 9.18 Å². The van der Waals surface area contributed by atoms with E-state index in [1.165, 1.54) is 12.1 Å². The van der Waals surface area contributed by atoms with E-state index in [0.717, 1.165) is 27.5 Å². The number of rotatable bonds is 7. The summed E-state index contributed by atoms with van der Waals surface area (Å²) in [4.78, 5) is 25.4. The molecule has 0 radical (unpaired) electrons. The van der Waals surface area contributed by atoms with E-state index in [9.17, 15) is 14.0 Å². The van der Waals surface area contributed by atoms with E-state index >= 15 is 0 Å². The lowest BCUT2D eigenvalue weighted by molar-refractivity contribution is -0.117. The summed E-state index contributed by atoms with van der Waals surface area (Å²) in [6.07, 6.45) is -0.192. The van der Waals surface area contributed by atoms with Gasteiger partial charge in [0.25, 0.3) is 0 Å². The van der Waals surface area contributed by atoms with E-state index < -0.39 is 6.09 Å². The van der Waals surface area contributed by atoms with E-state index in [1.54, 1.807) is 36.0 Å². The van der Waals surface area contributed by atoms with Gasteiger partial charge in [0.2, 0.25) is 5.91 Å². The first-order chi connectivity index (χ1) is 14.1. The molecule has 0 fully saturated rings. The third kappa shape index (κ3) is 7.71. The second-order valence-electron chi connectivity index (χ2n) is 8.20. The largest absolute Gasteiger partial charge is 0.412 e. The molecular formula is C23H29FN2O3S. The van der Waals surface area contributed by atoms with Crippen molar-refractivity contribution in [1.82, 2.24) is 5.32 Å². The number of carbonyl (C=O) groups excluding carboxylic acids is 2. The monoisotopic (exact) mass is 432 g/mol. The van der Waals surface area contributed by atoms with E-state index in [2.05, 4.69) is 10.6 Å². The Balaban J connectivity index is 2.08. The zero-order valence-corrected chi connectivity index (χ0v) is 18.9. The van der Waals surface area contributed by atoms with Gasteiger partial charge in [-0.15, -0.1) is 11.8 Å². The number of nitrogens with one attached hydrogen (secondary N) is 2. The van der Waals surface area contributed by atoms with E-state index in [0.29, 0.717) is 12.2 Å². The topological polar surface area (TPSA) is 67.4 Å². The predicted octanol–water partition coefficient (Wildman–Crippen LogP) is 5.91. The lowest BCUT2D eigenvalue weighted by Gasteiger charge is -2.20. The summed E-state index contributed by atoms with van der Waals surface area (Å²) < 4.78 is 18.4. The maximum absolute atomic E-state index is 13.0. The Morgan fingerprint density at radius 3 is 2.40 bits per heavy atom.